The molecule has 0 radical (unpaired) electrons. The van der Waals surface area contributed by atoms with E-state index in [1.54, 1.807) is 17.4 Å². The van der Waals surface area contributed by atoms with Crippen molar-refractivity contribution in [1.29, 1.82) is 0 Å². The molecule has 5 heteroatoms. The number of para-hydroxylation sites is 1. The van der Waals surface area contributed by atoms with E-state index in [0.717, 1.165) is 20.8 Å². The Kier molecular flexibility index (Phi) is 4.06. The van der Waals surface area contributed by atoms with E-state index in [0.29, 0.717) is 6.42 Å². The van der Waals surface area contributed by atoms with Crippen LogP contribution in [0.25, 0.3) is 10.2 Å². The predicted molar refractivity (Wildman–Crippen MR) is 86.4 cm³/mol. The summed E-state index contributed by atoms with van der Waals surface area (Å²) in [6, 6.07) is 12.9. The smallest absolute Gasteiger partial charge is 0.142 e. The molecule has 0 saturated heterocycles. The van der Waals surface area contributed by atoms with Gasteiger partial charge in [0.1, 0.15) is 5.82 Å². The van der Waals surface area contributed by atoms with Gasteiger partial charge in [-0.3, -0.25) is 0 Å². The zero-order valence-corrected chi connectivity index (χ0v) is 13.5. The van der Waals surface area contributed by atoms with Gasteiger partial charge in [0.25, 0.3) is 0 Å². The van der Waals surface area contributed by atoms with Crippen LogP contribution in [0.2, 0.25) is 5.02 Å². The van der Waals surface area contributed by atoms with Gasteiger partial charge < -0.3 is 0 Å². The lowest BCUT2D eigenvalue weighted by Crippen LogP contribution is -1.97. The normalized spacial score (nSPS) is 12.8. The van der Waals surface area contributed by atoms with Crippen LogP contribution >= 0.6 is 38.9 Å². The molecule has 3 rings (SSSR count). The van der Waals surface area contributed by atoms with Gasteiger partial charge in [0.2, 0.25) is 0 Å². The highest BCUT2D eigenvalue weighted by atomic mass is 79.9. The topological polar surface area (TPSA) is 12.9 Å². The number of fused-ring (bicyclic) bond motifs is 1. The molecule has 0 spiro atoms. The van der Waals surface area contributed by atoms with Crippen molar-refractivity contribution in [1.82, 2.24) is 4.98 Å². The first-order valence-corrected chi connectivity index (χ1v) is 8.18. The van der Waals surface area contributed by atoms with Crippen LogP contribution in [0.15, 0.2) is 42.5 Å². The highest BCUT2D eigenvalue weighted by Crippen LogP contribution is 2.35. The van der Waals surface area contributed by atoms with Gasteiger partial charge in [-0.25, -0.2) is 9.37 Å². The molecular weight excluding hydrogens is 361 g/mol. The van der Waals surface area contributed by atoms with Gasteiger partial charge in [-0.05, 0) is 23.8 Å². The number of halogens is 3. The van der Waals surface area contributed by atoms with Gasteiger partial charge in [-0.15, -0.1) is 11.3 Å². The van der Waals surface area contributed by atoms with Gasteiger partial charge in [0.15, 0.2) is 0 Å². The predicted octanol–water partition coefficient (Wildman–Crippen LogP) is 5.77. The van der Waals surface area contributed by atoms with E-state index in [1.165, 1.54) is 6.07 Å². The van der Waals surface area contributed by atoms with Crippen LogP contribution in [-0.4, -0.2) is 4.98 Å². The zero-order chi connectivity index (χ0) is 14.1. The van der Waals surface area contributed by atoms with E-state index >= 15 is 0 Å². The molecule has 2 aromatic carbocycles. The SMILES string of the molecule is Fc1cccc(C(Br)Cc2nc3ccccc3s2)c1Cl. The average Bonchev–Trinajstić information content (AvgIpc) is 2.83. The van der Waals surface area contributed by atoms with Crippen molar-refractivity contribution in [3.05, 3.63) is 63.9 Å². The van der Waals surface area contributed by atoms with Gasteiger partial charge in [0.05, 0.1) is 20.2 Å². The van der Waals surface area contributed by atoms with E-state index in [4.69, 9.17) is 11.6 Å². The maximum Gasteiger partial charge on any atom is 0.142 e. The first-order valence-electron chi connectivity index (χ1n) is 6.07. The molecule has 1 unspecified atom stereocenters. The Labute approximate surface area is 133 Å². The quantitative estimate of drug-likeness (QED) is 0.533. The average molecular weight is 371 g/mol. The van der Waals surface area contributed by atoms with Gasteiger partial charge in [-0.2, -0.15) is 0 Å². The molecule has 0 N–H and O–H groups in total. The highest BCUT2D eigenvalue weighted by Gasteiger charge is 2.16. The first-order chi connectivity index (χ1) is 9.65. The minimum atomic E-state index is -0.391. The van der Waals surface area contributed by atoms with Crippen molar-refractivity contribution in [3.8, 4) is 0 Å². The third-order valence-electron chi connectivity index (χ3n) is 3.01. The Morgan fingerprint density at radius 1 is 1.20 bits per heavy atom. The van der Waals surface area contributed by atoms with Crippen LogP contribution in [0.3, 0.4) is 0 Å². The lowest BCUT2D eigenvalue weighted by molar-refractivity contribution is 0.625. The summed E-state index contributed by atoms with van der Waals surface area (Å²) in [5.74, 6) is -0.391. The summed E-state index contributed by atoms with van der Waals surface area (Å²) in [7, 11) is 0. The lowest BCUT2D eigenvalue weighted by Gasteiger charge is -2.10. The molecule has 0 aliphatic carbocycles. The second-order valence-corrected chi connectivity index (χ2v) is 6.99. The molecule has 3 aromatic rings. The standard InChI is InChI=1S/C15H10BrClFNS/c16-10(9-4-3-5-11(18)15(9)17)8-14-19-12-6-1-2-7-13(12)20-14/h1-7,10H,8H2. The summed E-state index contributed by atoms with van der Waals surface area (Å²) >= 11 is 11.2. The Balaban J connectivity index is 1.88. The van der Waals surface area contributed by atoms with E-state index in [9.17, 15) is 4.39 Å². The number of hydrogen-bond acceptors (Lipinski definition) is 2. The third kappa shape index (κ3) is 2.73. The number of nitrogens with zero attached hydrogens (tertiary/aromatic N) is 1. The third-order valence-corrected chi connectivity index (χ3v) is 5.29. The second-order valence-electron chi connectivity index (χ2n) is 4.39. The summed E-state index contributed by atoms with van der Waals surface area (Å²) < 4.78 is 14.6. The van der Waals surface area contributed by atoms with E-state index in [2.05, 4.69) is 27.0 Å². The maximum atomic E-state index is 13.5. The van der Waals surface area contributed by atoms with Crippen LogP contribution in [0.1, 0.15) is 15.4 Å². The number of aromatic nitrogens is 1. The van der Waals surface area contributed by atoms with Crippen molar-refractivity contribution in [2.45, 2.75) is 11.2 Å². The Morgan fingerprint density at radius 2 is 2.00 bits per heavy atom. The minimum absolute atomic E-state index is 0.0498. The van der Waals surface area contributed by atoms with Crippen molar-refractivity contribution >= 4 is 49.1 Å². The molecule has 102 valence electrons. The molecule has 0 amide bonds. The van der Waals surface area contributed by atoms with Crippen LogP contribution in [0, 0.1) is 5.82 Å². The van der Waals surface area contributed by atoms with Gasteiger partial charge in [-0.1, -0.05) is 51.8 Å². The second kappa shape index (κ2) is 5.80. The maximum absolute atomic E-state index is 13.5. The number of alkyl halides is 1. The molecule has 0 saturated carbocycles. The van der Waals surface area contributed by atoms with Crippen molar-refractivity contribution in [3.63, 3.8) is 0 Å². The van der Waals surface area contributed by atoms with Gasteiger partial charge in [0, 0.05) is 11.2 Å². The largest absolute Gasteiger partial charge is 0.241 e. The molecule has 1 heterocycles. The summed E-state index contributed by atoms with van der Waals surface area (Å²) in [4.78, 5) is 4.53. The fourth-order valence-electron chi connectivity index (χ4n) is 2.03. The first kappa shape index (κ1) is 14.0. The summed E-state index contributed by atoms with van der Waals surface area (Å²) in [5, 5.41) is 1.18. The van der Waals surface area contributed by atoms with Crippen LogP contribution in [0.5, 0.6) is 0 Å². The number of hydrogen-bond donors (Lipinski definition) is 0. The Morgan fingerprint density at radius 3 is 2.80 bits per heavy atom. The van der Waals surface area contributed by atoms with Crippen LogP contribution in [0.4, 0.5) is 4.39 Å². The Bertz CT molecular complexity index is 725. The lowest BCUT2D eigenvalue weighted by atomic mass is 10.1. The van der Waals surface area contributed by atoms with Gasteiger partial charge >= 0.3 is 0 Å². The molecule has 1 atom stereocenters. The molecule has 0 aliphatic heterocycles. The summed E-state index contributed by atoms with van der Waals surface area (Å²) in [5.41, 5.74) is 1.75. The molecule has 1 nitrogen and oxygen atoms in total. The monoisotopic (exact) mass is 369 g/mol. The van der Waals surface area contributed by atoms with Crippen LogP contribution in [-0.2, 0) is 6.42 Å². The fraction of sp³-hybridized carbons (Fsp3) is 0.133. The van der Waals surface area contributed by atoms with Crippen molar-refractivity contribution in [2.75, 3.05) is 0 Å². The Hall–Kier alpha value is -0.970. The fourth-order valence-corrected chi connectivity index (χ4v) is 4.34. The summed E-state index contributed by atoms with van der Waals surface area (Å²) in [6.45, 7) is 0. The molecule has 1 aromatic heterocycles. The summed E-state index contributed by atoms with van der Waals surface area (Å²) in [6.07, 6.45) is 0.683. The van der Waals surface area contributed by atoms with E-state index < -0.39 is 5.82 Å². The number of rotatable bonds is 3. The molecule has 20 heavy (non-hydrogen) atoms. The molecule has 0 bridgehead atoms. The minimum Gasteiger partial charge on any atom is -0.241 e. The number of benzene rings is 2. The molecule has 0 fully saturated rings. The van der Waals surface area contributed by atoms with E-state index in [-0.39, 0.29) is 9.85 Å². The van der Waals surface area contributed by atoms with E-state index in [1.807, 2.05) is 24.3 Å². The highest BCUT2D eigenvalue weighted by molar-refractivity contribution is 9.09. The van der Waals surface area contributed by atoms with Crippen molar-refractivity contribution < 1.29 is 4.39 Å². The zero-order valence-electron chi connectivity index (χ0n) is 10.3. The number of thiazole rings is 1. The van der Waals surface area contributed by atoms with Crippen LogP contribution < -0.4 is 0 Å². The molecular formula is C15H10BrClFNS. The van der Waals surface area contributed by atoms with Crippen molar-refractivity contribution in [2.24, 2.45) is 0 Å². The molecule has 0 aliphatic rings.